The van der Waals surface area contributed by atoms with Crippen molar-refractivity contribution in [2.24, 2.45) is 10.7 Å². The summed E-state index contributed by atoms with van der Waals surface area (Å²) in [6.07, 6.45) is 0. The third kappa shape index (κ3) is 5.69. The summed E-state index contributed by atoms with van der Waals surface area (Å²) in [5, 5.41) is 3.21. The topological polar surface area (TPSA) is 72.1 Å². The van der Waals surface area contributed by atoms with Crippen LogP contribution in [0.5, 0.6) is 5.75 Å². The minimum atomic E-state index is -0.0951. The van der Waals surface area contributed by atoms with Crippen molar-refractivity contribution in [2.75, 3.05) is 40.0 Å². The fourth-order valence-corrected chi connectivity index (χ4v) is 2.76. The Kier molecular flexibility index (Phi) is 6.45. The van der Waals surface area contributed by atoms with E-state index in [1.807, 2.05) is 12.1 Å². The van der Waals surface area contributed by atoms with Crippen molar-refractivity contribution in [1.29, 1.82) is 0 Å². The molecule has 1 aliphatic rings. The summed E-state index contributed by atoms with van der Waals surface area (Å²) in [7, 11) is 1.68. The maximum absolute atomic E-state index is 6.04. The fraction of sp³-hybridized carbons (Fsp3) is 0.611. The van der Waals surface area contributed by atoms with E-state index in [-0.39, 0.29) is 11.6 Å². The largest absolute Gasteiger partial charge is 0.497 e. The van der Waals surface area contributed by atoms with Gasteiger partial charge in [-0.3, -0.25) is 9.89 Å². The molecule has 2 rings (SSSR count). The maximum Gasteiger partial charge on any atom is 0.189 e. The van der Waals surface area contributed by atoms with E-state index < -0.39 is 0 Å². The van der Waals surface area contributed by atoms with Gasteiger partial charge in [0.15, 0.2) is 5.96 Å². The van der Waals surface area contributed by atoms with Crippen LogP contribution < -0.4 is 15.8 Å². The monoisotopic (exact) mass is 334 g/mol. The number of benzene rings is 1. The summed E-state index contributed by atoms with van der Waals surface area (Å²) >= 11 is 0. The molecule has 1 saturated heterocycles. The van der Waals surface area contributed by atoms with Crippen LogP contribution in [0.1, 0.15) is 32.4 Å². The second-order valence-corrected chi connectivity index (χ2v) is 7.04. The minimum absolute atomic E-state index is 0.0951. The van der Waals surface area contributed by atoms with Crippen LogP contribution >= 0.6 is 0 Å². The lowest BCUT2D eigenvalue weighted by Crippen LogP contribution is -2.45. The van der Waals surface area contributed by atoms with E-state index in [1.54, 1.807) is 7.11 Å². The van der Waals surface area contributed by atoms with Gasteiger partial charge in [-0.25, -0.2) is 0 Å². The van der Waals surface area contributed by atoms with Crippen molar-refractivity contribution in [2.45, 2.75) is 32.4 Å². The Labute approximate surface area is 145 Å². The summed E-state index contributed by atoms with van der Waals surface area (Å²) in [5.74, 6) is 1.34. The molecule has 0 bridgehead atoms. The van der Waals surface area contributed by atoms with Gasteiger partial charge in [0, 0.05) is 18.6 Å². The SMILES string of the molecule is COc1ccc(C(CN=C(N)NC(C)(C)C)N2CCOCC2)cc1. The quantitative estimate of drug-likeness (QED) is 0.634. The standard InChI is InChI=1S/C18H30N4O2/c1-18(2,3)21-17(19)20-13-16(22-9-11-24-12-10-22)14-5-7-15(23-4)8-6-14/h5-8,16H,9-13H2,1-4H3,(H3,19,20,21). The van der Waals surface area contributed by atoms with E-state index >= 15 is 0 Å². The molecule has 1 aromatic carbocycles. The summed E-state index contributed by atoms with van der Waals surface area (Å²) in [6, 6.07) is 8.36. The van der Waals surface area contributed by atoms with Crippen LogP contribution in [0, 0.1) is 0 Å². The third-order valence-electron chi connectivity index (χ3n) is 3.92. The molecule has 1 heterocycles. The first kappa shape index (κ1) is 18.5. The Morgan fingerprint density at radius 1 is 1.29 bits per heavy atom. The van der Waals surface area contributed by atoms with Crippen molar-refractivity contribution in [3.63, 3.8) is 0 Å². The van der Waals surface area contributed by atoms with Crippen LogP contribution in [0.4, 0.5) is 0 Å². The van der Waals surface area contributed by atoms with E-state index in [4.69, 9.17) is 15.2 Å². The Morgan fingerprint density at radius 2 is 1.92 bits per heavy atom. The van der Waals surface area contributed by atoms with Crippen molar-refractivity contribution in [3.8, 4) is 5.75 Å². The van der Waals surface area contributed by atoms with Gasteiger partial charge in [0.1, 0.15) is 5.75 Å². The number of hydrogen-bond donors (Lipinski definition) is 2. The summed E-state index contributed by atoms with van der Waals surface area (Å²) in [5.41, 5.74) is 7.15. The molecule has 3 N–H and O–H groups in total. The van der Waals surface area contributed by atoms with Gasteiger partial charge in [-0.2, -0.15) is 0 Å². The van der Waals surface area contributed by atoms with Gasteiger partial charge in [0.05, 0.1) is 32.9 Å². The fourth-order valence-electron chi connectivity index (χ4n) is 2.76. The van der Waals surface area contributed by atoms with Gasteiger partial charge in [0.25, 0.3) is 0 Å². The highest BCUT2D eigenvalue weighted by molar-refractivity contribution is 5.78. The van der Waals surface area contributed by atoms with Crippen molar-refractivity contribution >= 4 is 5.96 Å². The molecule has 134 valence electrons. The predicted octanol–water partition coefficient (Wildman–Crippen LogP) is 1.77. The smallest absolute Gasteiger partial charge is 0.189 e. The van der Waals surface area contributed by atoms with Gasteiger partial charge in [-0.05, 0) is 38.5 Å². The second kappa shape index (κ2) is 8.35. The van der Waals surface area contributed by atoms with Gasteiger partial charge < -0.3 is 20.5 Å². The first-order valence-electron chi connectivity index (χ1n) is 8.43. The second-order valence-electron chi connectivity index (χ2n) is 7.04. The van der Waals surface area contributed by atoms with Crippen molar-refractivity contribution in [3.05, 3.63) is 29.8 Å². The Balaban J connectivity index is 2.14. The van der Waals surface area contributed by atoms with Crippen molar-refractivity contribution in [1.82, 2.24) is 10.2 Å². The van der Waals surface area contributed by atoms with Gasteiger partial charge in [-0.15, -0.1) is 0 Å². The van der Waals surface area contributed by atoms with Gasteiger partial charge in [0.2, 0.25) is 0 Å². The number of hydrogen-bond acceptors (Lipinski definition) is 4. The van der Waals surface area contributed by atoms with E-state index in [2.05, 4.69) is 48.1 Å². The number of morpholine rings is 1. The molecule has 6 heteroatoms. The summed E-state index contributed by atoms with van der Waals surface area (Å²) in [6.45, 7) is 10.1. The lowest BCUT2D eigenvalue weighted by molar-refractivity contribution is 0.0179. The number of ether oxygens (including phenoxy) is 2. The molecular weight excluding hydrogens is 304 g/mol. The average Bonchev–Trinajstić information content (AvgIpc) is 2.55. The lowest BCUT2D eigenvalue weighted by Gasteiger charge is -2.34. The highest BCUT2D eigenvalue weighted by atomic mass is 16.5. The number of aliphatic imine (C=N–C) groups is 1. The highest BCUT2D eigenvalue weighted by Crippen LogP contribution is 2.24. The molecule has 1 aliphatic heterocycles. The molecule has 6 nitrogen and oxygen atoms in total. The molecule has 1 atom stereocenters. The molecule has 0 aliphatic carbocycles. The number of rotatable bonds is 5. The first-order valence-corrected chi connectivity index (χ1v) is 8.43. The molecular formula is C18H30N4O2. The van der Waals surface area contributed by atoms with E-state index in [0.717, 1.165) is 32.1 Å². The molecule has 0 amide bonds. The van der Waals surface area contributed by atoms with Crippen LogP contribution in [0.25, 0.3) is 0 Å². The average molecular weight is 334 g/mol. The maximum atomic E-state index is 6.04. The predicted molar refractivity (Wildman–Crippen MR) is 97.5 cm³/mol. The normalized spacial score (nSPS) is 18.2. The number of nitrogens with zero attached hydrogens (tertiary/aromatic N) is 2. The summed E-state index contributed by atoms with van der Waals surface area (Å²) < 4.78 is 10.7. The van der Waals surface area contributed by atoms with E-state index in [0.29, 0.717) is 12.5 Å². The highest BCUT2D eigenvalue weighted by Gasteiger charge is 2.23. The van der Waals surface area contributed by atoms with Gasteiger partial charge >= 0.3 is 0 Å². The van der Waals surface area contributed by atoms with Crippen molar-refractivity contribution < 1.29 is 9.47 Å². The lowest BCUT2D eigenvalue weighted by atomic mass is 10.0. The van der Waals surface area contributed by atoms with Crippen LogP contribution in [0.15, 0.2) is 29.3 Å². The number of methoxy groups -OCH3 is 1. The Bertz CT molecular complexity index is 531. The molecule has 24 heavy (non-hydrogen) atoms. The third-order valence-corrected chi connectivity index (χ3v) is 3.92. The molecule has 1 unspecified atom stereocenters. The molecule has 1 fully saturated rings. The Morgan fingerprint density at radius 3 is 2.46 bits per heavy atom. The first-order chi connectivity index (χ1) is 11.4. The number of nitrogens with two attached hydrogens (primary N) is 1. The van der Waals surface area contributed by atoms with Crippen LogP contribution in [-0.4, -0.2) is 56.4 Å². The van der Waals surface area contributed by atoms with Crippen LogP contribution in [-0.2, 0) is 4.74 Å². The molecule has 0 radical (unpaired) electrons. The van der Waals surface area contributed by atoms with Crippen LogP contribution in [0.2, 0.25) is 0 Å². The zero-order valence-corrected chi connectivity index (χ0v) is 15.2. The van der Waals surface area contributed by atoms with Crippen LogP contribution in [0.3, 0.4) is 0 Å². The Hall–Kier alpha value is -1.79. The molecule has 0 aromatic heterocycles. The molecule has 1 aromatic rings. The zero-order chi connectivity index (χ0) is 17.6. The van der Waals surface area contributed by atoms with E-state index in [9.17, 15) is 0 Å². The van der Waals surface area contributed by atoms with E-state index in [1.165, 1.54) is 5.56 Å². The summed E-state index contributed by atoms with van der Waals surface area (Å²) in [4.78, 5) is 6.98. The minimum Gasteiger partial charge on any atom is -0.497 e. The molecule has 0 saturated carbocycles. The number of guanidine groups is 1. The molecule has 0 spiro atoms. The number of nitrogens with one attached hydrogen (secondary N) is 1. The van der Waals surface area contributed by atoms with Gasteiger partial charge in [-0.1, -0.05) is 12.1 Å². The zero-order valence-electron chi connectivity index (χ0n) is 15.2.